The lowest BCUT2D eigenvalue weighted by Gasteiger charge is -2.47. The van der Waals surface area contributed by atoms with E-state index in [1.165, 1.54) is 13.8 Å². The molecule has 0 aromatic rings. The molecule has 3 aliphatic heterocycles. The fourth-order valence-electron chi connectivity index (χ4n) is 3.93. The van der Waals surface area contributed by atoms with Crippen LogP contribution in [0.5, 0.6) is 0 Å². The highest BCUT2D eigenvalue weighted by Gasteiger charge is 2.52. The molecule has 188 valence electrons. The summed E-state index contributed by atoms with van der Waals surface area (Å²) in [6.45, 7) is 2.16. The second kappa shape index (κ2) is 10.4. The van der Waals surface area contributed by atoms with Gasteiger partial charge in [0.05, 0.1) is 18.8 Å². The third-order valence-electron chi connectivity index (χ3n) is 6.01. The van der Waals surface area contributed by atoms with Crippen LogP contribution in [0.2, 0.25) is 0 Å². The molecular weight excluding hydrogens is 440 g/mol. The Morgan fingerprint density at radius 1 is 0.562 bits per heavy atom. The van der Waals surface area contributed by atoms with Crippen molar-refractivity contribution in [3.05, 3.63) is 0 Å². The van der Waals surface area contributed by atoms with Gasteiger partial charge in [-0.05, 0) is 13.8 Å². The van der Waals surface area contributed by atoms with Crippen molar-refractivity contribution in [1.82, 2.24) is 0 Å². The molecule has 0 aliphatic carbocycles. The first-order valence-electron chi connectivity index (χ1n) is 10.3. The molecule has 0 aromatic heterocycles. The first-order chi connectivity index (χ1) is 15.0. The molecule has 0 saturated carbocycles. The van der Waals surface area contributed by atoms with Crippen LogP contribution in [0.25, 0.3) is 0 Å². The monoisotopic (exact) mass is 472 g/mol. The normalized spacial score (nSPS) is 55.0. The summed E-state index contributed by atoms with van der Waals surface area (Å²) in [7, 11) is 0. The van der Waals surface area contributed by atoms with Gasteiger partial charge in [0.1, 0.15) is 61.0 Å². The molecule has 14 nitrogen and oxygen atoms in total. The summed E-state index contributed by atoms with van der Waals surface area (Å²) in [6, 6.07) is 0. The van der Waals surface area contributed by atoms with Crippen molar-refractivity contribution >= 4 is 0 Å². The van der Waals surface area contributed by atoms with Crippen molar-refractivity contribution in [2.75, 3.05) is 6.61 Å². The van der Waals surface area contributed by atoms with E-state index in [0.29, 0.717) is 0 Å². The van der Waals surface area contributed by atoms with E-state index in [9.17, 15) is 46.0 Å². The second-order valence-electron chi connectivity index (χ2n) is 8.30. The van der Waals surface area contributed by atoms with Crippen molar-refractivity contribution in [3.63, 3.8) is 0 Å². The molecule has 3 fully saturated rings. The van der Waals surface area contributed by atoms with Gasteiger partial charge in [0.2, 0.25) is 0 Å². The van der Waals surface area contributed by atoms with Crippen LogP contribution < -0.4 is 0 Å². The van der Waals surface area contributed by atoms with Crippen LogP contribution in [0.3, 0.4) is 0 Å². The zero-order valence-electron chi connectivity index (χ0n) is 17.4. The van der Waals surface area contributed by atoms with Crippen LogP contribution in [0.15, 0.2) is 0 Å². The molecule has 14 heteroatoms. The lowest BCUT2D eigenvalue weighted by molar-refractivity contribution is -0.374. The molecule has 15 atom stereocenters. The van der Waals surface area contributed by atoms with Crippen molar-refractivity contribution < 1.29 is 69.6 Å². The maximum atomic E-state index is 10.7. The number of aliphatic hydroxyl groups is 9. The maximum absolute atomic E-state index is 10.7. The van der Waals surface area contributed by atoms with Crippen LogP contribution in [-0.2, 0) is 23.7 Å². The van der Waals surface area contributed by atoms with E-state index >= 15 is 0 Å². The number of aliphatic hydroxyl groups excluding tert-OH is 9. The van der Waals surface area contributed by atoms with Gasteiger partial charge < -0.3 is 69.6 Å². The quantitative estimate of drug-likeness (QED) is 0.182. The molecule has 0 spiro atoms. The van der Waals surface area contributed by atoms with Crippen LogP contribution >= 0.6 is 0 Å². The summed E-state index contributed by atoms with van der Waals surface area (Å²) in [5.74, 6) is 0. The van der Waals surface area contributed by atoms with Gasteiger partial charge in [-0.15, -0.1) is 0 Å². The minimum absolute atomic E-state index is 0.691. The zero-order valence-corrected chi connectivity index (χ0v) is 17.4. The summed E-state index contributed by atoms with van der Waals surface area (Å²) in [5, 5.41) is 90.6. The SMILES string of the molecule is C[C@@H]1O[C@@H](O[C@@H]2[C@@H](O)[C@H](C)O[C@@H](O[C@@H]3[C@@H](O)[C@H](O)O[C@H](CO)[C@@H]3O)[C@@H]2O)[C@H](O)[C@H](O)[C@H]1O. The molecule has 0 unspecified atom stereocenters. The van der Waals surface area contributed by atoms with E-state index in [4.69, 9.17) is 23.7 Å². The number of rotatable bonds is 5. The molecular formula is C18H32O14. The van der Waals surface area contributed by atoms with Crippen molar-refractivity contribution in [2.45, 2.75) is 106 Å². The lowest BCUT2D eigenvalue weighted by atomic mass is 9.96. The summed E-state index contributed by atoms with van der Waals surface area (Å²) in [5.41, 5.74) is 0. The molecule has 32 heavy (non-hydrogen) atoms. The fraction of sp³-hybridized carbons (Fsp3) is 1.00. The van der Waals surface area contributed by atoms with E-state index in [1.807, 2.05) is 0 Å². The fourth-order valence-corrected chi connectivity index (χ4v) is 3.93. The minimum Gasteiger partial charge on any atom is -0.394 e. The first kappa shape index (κ1) is 26.1. The Hall–Kier alpha value is -0.560. The molecule has 3 rings (SSSR count). The molecule has 3 saturated heterocycles. The Bertz CT molecular complexity index is 610. The molecule has 3 aliphatic rings. The number of hydrogen-bond acceptors (Lipinski definition) is 14. The minimum atomic E-state index is -1.79. The van der Waals surface area contributed by atoms with E-state index in [1.54, 1.807) is 0 Å². The summed E-state index contributed by atoms with van der Waals surface area (Å²) >= 11 is 0. The molecule has 0 bridgehead atoms. The molecule has 3 heterocycles. The summed E-state index contributed by atoms with van der Waals surface area (Å²) in [4.78, 5) is 0. The van der Waals surface area contributed by atoms with Gasteiger partial charge in [-0.1, -0.05) is 0 Å². The predicted molar refractivity (Wildman–Crippen MR) is 98.4 cm³/mol. The maximum Gasteiger partial charge on any atom is 0.187 e. The topological polar surface area (TPSA) is 228 Å². The summed E-state index contributed by atoms with van der Waals surface area (Å²) < 4.78 is 26.6. The van der Waals surface area contributed by atoms with Crippen molar-refractivity contribution in [3.8, 4) is 0 Å². The van der Waals surface area contributed by atoms with Gasteiger partial charge in [-0.25, -0.2) is 0 Å². The van der Waals surface area contributed by atoms with Gasteiger partial charge in [-0.2, -0.15) is 0 Å². The molecule has 9 N–H and O–H groups in total. The smallest absolute Gasteiger partial charge is 0.187 e. The van der Waals surface area contributed by atoms with Crippen molar-refractivity contribution in [1.29, 1.82) is 0 Å². The number of ether oxygens (including phenoxy) is 5. The Labute approximate surface area is 183 Å². The Morgan fingerprint density at radius 2 is 1.06 bits per heavy atom. The predicted octanol–water partition coefficient (Wildman–Crippen LogP) is -5.52. The van der Waals surface area contributed by atoms with Crippen LogP contribution in [0.4, 0.5) is 0 Å². The van der Waals surface area contributed by atoms with Crippen LogP contribution in [0.1, 0.15) is 13.8 Å². The highest BCUT2D eigenvalue weighted by molar-refractivity contribution is 4.95. The van der Waals surface area contributed by atoms with Gasteiger partial charge in [0.25, 0.3) is 0 Å². The van der Waals surface area contributed by atoms with Gasteiger partial charge in [0.15, 0.2) is 18.9 Å². The van der Waals surface area contributed by atoms with Gasteiger partial charge >= 0.3 is 0 Å². The van der Waals surface area contributed by atoms with E-state index in [2.05, 4.69) is 0 Å². The van der Waals surface area contributed by atoms with Gasteiger partial charge in [0, 0.05) is 0 Å². The van der Waals surface area contributed by atoms with E-state index in [-0.39, 0.29) is 0 Å². The molecule has 0 aromatic carbocycles. The van der Waals surface area contributed by atoms with Crippen LogP contribution in [0, 0.1) is 0 Å². The Kier molecular flexibility index (Phi) is 8.44. The highest BCUT2D eigenvalue weighted by atomic mass is 16.7. The largest absolute Gasteiger partial charge is 0.394 e. The van der Waals surface area contributed by atoms with E-state index < -0.39 is 98.7 Å². The molecule has 0 radical (unpaired) electrons. The number of hydrogen-bond donors (Lipinski definition) is 9. The average molecular weight is 472 g/mol. The zero-order chi connectivity index (χ0) is 23.9. The van der Waals surface area contributed by atoms with Crippen LogP contribution in [-0.4, -0.2) is 145 Å². The highest BCUT2D eigenvalue weighted by Crippen LogP contribution is 2.32. The first-order valence-corrected chi connectivity index (χ1v) is 10.3. The molecule has 0 amide bonds. The summed E-state index contributed by atoms with van der Waals surface area (Å²) in [6.07, 6.45) is -22.4. The Morgan fingerprint density at radius 3 is 1.62 bits per heavy atom. The Balaban J connectivity index is 1.74. The lowest BCUT2D eigenvalue weighted by Crippen LogP contribution is -2.65. The third-order valence-corrected chi connectivity index (χ3v) is 6.01. The van der Waals surface area contributed by atoms with Gasteiger partial charge in [-0.3, -0.25) is 0 Å². The third kappa shape index (κ3) is 4.94. The second-order valence-corrected chi connectivity index (χ2v) is 8.30. The van der Waals surface area contributed by atoms with E-state index in [0.717, 1.165) is 0 Å². The average Bonchev–Trinajstić information content (AvgIpc) is 2.76. The standard InChI is InChI=1S/C18H32O14/c1-4-7(20)10(23)11(24)17(28-4)31-14-8(21)5(2)29-18(13(14)26)32-15-9(22)6(3-19)30-16(27)12(15)25/h4-27H,3H2,1-2H3/t4-,5-,6+,7-,8-,9-,10+,11+,12+,13+,14+,15-,16+,17-,18-/m0/s1. The van der Waals surface area contributed by atoms with Crippen molar-refractivity contribution in [2.24, 2.45) is 0 Å².